The molecule has 0 atom stereocenters. The van der Waals surface area contributed by atoms with Gasteiger partial charge in [-0.3, -0.25) is 4.98 Å². The van der Waals surface area contributed by atoms with Gasteiger partial charge in [-0.15, -0.1) is 0 Å². The third kappa shape index (κ3) is 4.85. The Morgan fingerprint density at radius 3 is 2.75 bits per heavy atom. The average molecular weight is 387 g/mol. The van der Waals surface area contributed by atoms with Crippen LogP contribution in [0.4, 0.5) is 19.3 Å². The van der Waals surface area contributed by atoms with Gasteiger partial charge in [0.15, 0.2) is 11.5 Å². The van der Waals surface area contributed by atoms with Crippen LogP contribution in [0.1, 0.15) is 12.5 Å². The van der Waals surface area contributed by atoms with Crippen LogP contribution in [0, 0.1) is 0 Å². The number of benzene rings is 2. The van der Waals surface area contributed by atoms with Gasteiger partial charge in [-0.05, 0) is 36.8 Å². The van der Waals surface area contributed by atoms with E-state index in [0.717, 1.165) is 5.39 Å². The first kappa shape index (κ1) is 19.3. The van der Waals surface area contributed by atoms with E-state index in [1.807, 2.05) is 24.3 Å². The molecule has 0 aliphatic carbocycles. The molecule has 0 saturated heterocycles. The number of ether oxygens (including phenoxy) is 2. The Hall–Kier alpha value is -3.42. The number of fused-ring (bicyclic) bond motifs is 1. The largest absolute Gasteiger partial charge is 0.490 e. The second-order valence-corrected chi connectivity index (χ2v) is 5.78. The van der Waals surface area contributed by atoms with Gasteiger partial charge in [0.25, 0.3) is 0 Å². The zero-order valence-electron chi connectivity index (χ0n) is 15.1. The second kappa shape index (κ2) is 8.98. The molecule has 8 heteroatoms. The third-order valence-electron chi connectivity index (χ3n) is 3.86. The van der Waals surface area contributed by atoms with E-state index in [2.05, 4.69) is 20.4 Å². The first-order valence-corrected chi connectivity index (χ1v) is 8.66. The average Bonchev–Trinajstić information content (AvgIpc) is 2.68. The summed E-state index contributed by atoms with van der Waals surface area (Å²) >= 11 is 0. The number of alkyl halides is 2. The maximum absolute atomic E-state index is 12.5. The van der Waals surface area contributed by atoms with Gasteiger partial charge in [0.2, 0.25) is 0 Å². The lowest BCUT2D eigenvalue weighted by atomic mass is 10.2. The molecule has 0 radical (unpaired) electrons. The van der Waals surface area contributed by atoms with Crippen LogP contribution in [0.2, 0.25) is 0 Å². The number of aromatic nitrogens is 1. The Morgan fingerprint density at radius 1 is 1.14 bits per heavy atom. The molecular formula is C20H19F2N3O3. The number of para-hydroxylation sites is 1. The SMILES string of the molecule is CCOc1cc(CNC(=O)Nc2cccc3cccnc23)ccc1OC(F)F. The van der Waals surface area contributed by atoms with Crippen LogP contribution in [0.15, 0.2) is 54.7 Å². The first-order chi connectivity index (χ1) is 13.6. The van der Waals surface area contributed by atoms with Crippen molar-refractivity contribution in [2.24, 2.45) is 0 Å². The lowest BCUT2D eigenvalue weighted by molar-refractivity contribution is -0.0514. The minimum absolute atomic E-state index is 0.0492. The molecule has 2 N–H and O–H groups in total. The molecule has 0 bridgehead atoms. The quantitative estimate of drug-likeness (QED) is 0.624. The molecule has 2 amide bonds. The summed E-state index contributed by atoms with van der Waals surface area (Å²) < 4.78 is 34.7. The van der Waals surface area contributed by atoms with Crippen LogP contribution in [0.25, 0.3) is 10.9 Å². The number of hydrogen-bond donors (Lipinski definition) is 2. The molecule has 0 spiro atoms. The normalized spacial score (nSPS) is 10.7. The van der Waals surface area contributed by atoms with Crippen molar-refractivity contribution in [3.05, 3.63) is 60.3 Å². The highest BCUT2D eigenvalue weighted by atomic mass is 19.3. The second-order valence-electron chi connectivity index (χ2n) is 5.78. The van der Waals surface area contributed by atoms with Crippen molar-refractivity contribution in [1.29, 1.82) is 0 Å². The zero-order valence-corrected chi connectivity index (χ0v) is 15.1. The van der Waals surface area contributed by atoms with Gasteiger partial charge in [-0.1, -0.05) is 24.3 Å². The van der Waals surface area contributed by atoms with Gasteiger partial charge in [0, 0.05) is 18.1 Å². The summed E-state index contributed by atoms with van der Waals surface area (Å²) in [5, 5.41) is 6.40. The van der Waals surface area contributed by atoms with Crippen molar-refractivity contribution in [1.82, 2.24) is 10.3 Å². The summed E-state index contributed by atoms with van der Waals surface area (Å²) in [7, 11) is 0. The van der Waals surface area contributed by atoms with Crippen LogP contribution >= 0.6 is 0 Å². The molecule has 0 aliphatic heterocycles. The van der Waals surface area contributed by atoms with Crippen molar-refractivity contribution in [2.75, 3.05) is 11.9 Å². The molecule has 1 aromatic heterocycles. The van der Waals surface area contributed by atoms with Gasteiger partial charge in [0.05, 0.1) is 17.8 Å². The molecule has 2 aromatic carbocycles. The van der Waals surface area contributed by atoms with Crippen molar-refractivity contribution in [3.8, 4) is 11.5 Å². The number of nitrogens with zero attached hydrogens (tertiary/aromatic N) is 1. The Labute approximate surface area is 160 Å². The Morgan fingerprint density at radius 2 is 1.96 bits per heavy atom. The highest BCUT2D eigenvalue weighted by molar-refractivity contribution is 5.99. The monoisotopic (exact) mass is 387 g/mol. The molecule has 28 heavy (non-hydrogen) atoms. The number of carbonyl (C=O) groups excluding carboxylic acids is 1. The van der Waals surface area contributed by atoms with Gasteiger partial charge in [-0.25, -0.2) is 4.79 Å². The van der Waals surface area contributed by atoms with Crippen LogP contribution < -0.4 is 20.1 Å². The summed E-state index contributed by atoms with van der Waals surface area (Å²) in [6.45, 7) is -0.726. The molecule has 6 nitrogen and oxygen atoms in total. The van der Waals surface area contributed by atoms with E-state index < -0.39 is 12.6 Å². The van der Waals surface area contributed by atoms with Crippen LogP contribution in [-0.4, -0.2) is 24.2 Å². The fourth-order valence-corrected chi connectivity index (χ4v) is 2.68. The molecule has 0 aliphatic rings. The molecule has 146 valence electrons. The van der Waals surface area contributed by atoms with Crippen LogP contribution in [-0.2, 0) is 6.54 Å². The van der Waals surface area contributed by atoms with E-state index in [1.54, 1.807) is 31.3 Å². The first-order valence-electron chi connectivity index (χ1n) is 8.66. The Bertz CT molecular complexity index is 961. The van der Waals surface area contributed by atoms with Crippen LogP contribution in [0.5, 0.6) is 11.5 Å². The third-order valence-corrected chi connectivity index (χ3v) is 3.86. The Kier molecular flexibility index (Phi) is 6.21. The van der Waals surface area contributed by atoms with Crippen molar-refractivity contribution in [2.45, 2.75) is 20.1 Å². The minimum Gasteiger partial charge on any atom is -0.490 e. The van der Waals surface area contributed by atoms with E-state index in [9.17, 15) is 13.6 Å². The summed E-state index contributed by atoms with van der Waals surface area (Å²) in [5.74, 6) is 0.146. The number of nitrogens with one attached hydrogen (secondary N) is 2. The number of anilines is 1. The molecule has 3 aromatic rings. The van der Waals surface area contributed by atoms with Crippen molar-refractivity contribution >= 4 is 22.6 Å². The molecule has 0 fully saturated rings. The number of amides is 2. The highest BCUT2D eigenvalue weighted by Crippen LogP contribution is 2.30. The molecule has 0 saturated carbocycles. The molecular weight excluding hydrogens is 368 g/mol. The lowest BCUT2D eigenvalue weighted by Crippen LogP contribution is -2.28. The minimum atomic E-state index is -2.94. The summed E-state index contributed by atoms with van der Waals surface area (Å²) in [5.41, 5.74) is 1.95. The standard InChI is InChI=1S/C20H19F2N3O3/c1-2-27-17-11-13(8-9-16(17)28-19(21)22)12-24-20(26)25-15-7-3-5-14-6-4-10-23-18(14)15/h3-11,19H,2,12H2,1H3,(H2,24,25,26). The number of halogens is 2. The summed E-state index contributed by atoms with van der Waals surface area (Å²) in [6.07, 6.45) is 1.66. The molecule has 1 heterocycles. The van der Waals surface area contributed by atoms with E-state index in [1.165, 1.54) is 6.07 Å². The lowest BCUT2D eigenvalue weighted by Gasteiger charge is -2.13. The predicted octanol–water partition coefficient (Wildman–Crippen LogP) is 4.56. The molecule has 0 unspecified atom stereocenters. The fourth-order valence-electron chi connectivity index (χ4n) is 2.68. The Balaban J connectivity index is 1.66. The van der Waals surface area contributed by atoms with E-state index in [4.69, 9.17) is 4.74 Å². The fraction of sp³-hybridized carbons (Fsp3) is 0.200. The van der Waals surface area contributed by atoms with Crippen molar-refractivity contribution in [3.63, 3.8) is 0 Å². The number of pyridine rings is 1. The maximum Gasteiger partial charge on any atom is 0.387 e. The summed E-state index contributed by atoms with van der Waals surface area (Å²) in [4.78, 5) is 16.5. The van der Waals surface area contributed by atoms with Gasteiger partial charge in [-0.2, -0.15) is 8.78 Å². The van der Waals surface area contributed by atoms with Gasteiger partial charge >= 0.3 is 12.6 Å². The van der Waals surface area contributed by atoms with Crippen LogP contribution in [0.3, 0.4) is 0 Å². The van der Waals surface area contributed by atoms with E-state index in [-0.39, 0.29) is 18.0 Å². The number of carbonyl (C=O) groups is 1. The highest BCUT2D eigenvalue weighted by Gasteiger charge is 2.12. The summed E-state index contributed by atoms with van der Waals surface area (Å²) in [6, 6.07) is 13.3. The maximum atomic E-state index is 12.5. The van der Waals surface area contributed by atoms with Gasteiger partial charge in [0.1, 0.15) is 0 Å². The number of rotatable bonds is 7. The number of urea groups is 1. The predicted molar refractivity (Wildman–Crippen MR) is 102 cm³/mol. The van der Waals surface area contributed by atoms with Crippen molar-refractivity contribution < 1.29 is 23.0 Å². The van der Waals surface area contributed by atoms with E-state index in [0.29, 0.717) is 23.4 Å². The smallest absolute Gasteiger partial charge is 0.387 e. The zero-order chi connectivity index (χ0) is 19.9. The molecule has 3 rings (SSSR count). The van der Waals surface area contributed by atoms with E-state index >= 15 is 0 Å². The topological polar surface area (TPSA) is 72.5 Å². The number of hydrogen-bond acceptors (Lipinski definition) is 4. The van der Waals surface area contributed by atoms with Gasteiger partial charge < -0.3 is 20.1 Å².